The van der Waals surface area contributed by atoms with Gasteiger partial charge in [-0.25, -0.2) is 4.39 Å². The predicted octanol–water partition coefficient (Wildman–Crippen LogP) is 2.48. The van der Waals surface area contributed by atoms with Gasteiger partial charge in [-0.2, -0.15) is 0 Å². The molecule has 0 saturated heterocycles. The number of methoxy groups -OCH3 is 2. The molecule has 0 atom stereocenters. The van der Waals surface area contributed by atoms with Gasteiger partial charge in [0.1, 0.15) is 5.82 Å². The summed E-state index contributed by atoms with van der Waals surface area (Å²) in [5, 5.41) is 3.05. The molecule has 1 heterocycles. The molecule has 22 heavy (non-hydrogen) atoms. The Balaban J connectivity index is 2.26. The van der Waals surface area contributed by atoms with E-state index < -0.39 is 5.97 Å². The van der Waals surface area contributed by atoms with E-state index in [1.807, 2.05) is 0 Å². The van der Waals surface area contributed by atoms with Crippen molar-refractivity contribution in [1.29, 1.82) is 0 Å². The summed E-state index contributed by atoms with van der Waals surface area (Å²) in [6.45, 7) is 0.301. The van der Waals surface area contributed by atoms with E-state index in [2.05, 4.69) is 10.1 Å². The van der Waals surface area contributed by atoms with Crippen LogP contribution < -0.4 is 5.32 Å². The Morgan fingerprint density at radius 2 is 2.09 bits per heavy atom. The van der Waals surface area contributed by atoms with Crippen molar-refractivity contribution in [3.63, 3.8) is 0 Å². The summed E-state index contributed by atoms with van der Waals surface area (Å²) in [5.74, 6) is -1.13. The van der Waals surface area contributed by atoms with Gasteiger partial charge in [-0.1, -0.05) is 6.07 Å². The Morgan fingerprint density at radius 1 is 1.32 bits per heavy atom. The number of fused-ring (bicyclic) bond motifs is 1. The maximum absolute atomic E-state index is 14.0. The fourth-order valence-electron chi connectivity index (χ4n) is 2.09. The van der Waals surface area contributed by atoms with Crippen molar-refractivity contribution in [3.05, 3.63) is 34.5 Å². The molecule has 118 valence electrons. The molecule has 0 bridgehead atoms. The highest BCUT2D eigenvalue weighted by Crippen LogP contribution is 2.33. The highest BCUT2D eigenvalue weighted by molar-refractivity contribution is 7.21. The number of carbonyl (C=O) groups is 2. The number of thiophene rings is 1. The minimum atomic E-state index is -0.403. The van der Waals surface area contributed by atoms with Crippen LogP contribution in [-0.2, 0) is 20.9 Å². The summed E-state index contributed by atoms with van der Waals surface area (Å²) in [7, 11) is 2.78. The summed E-state index contributed by atoms with van der Waals surface area (Å²) in [5.41, 5.74) is 0.524. The third-order valence-electron chi connectivity index (χ3n) is 3.10. The highest BCUT2D eigenvalue weighted by Gasteiger charge is 2.20. The van der Waals surface area contributed by atoms with E-state index in [-0.39, 0.29) is 31.3 Å². The quantitative estimate of drug-likeness (QED) is 0.829. The molecule has 1 aromatic carbocycles. The van der Waals surface area contributed by atoms with Crippen LogP contribution in [0.15, 0.2) is 18.2 Å². The molecule has 1 aromatic heterocycles. The van der Waals surface area contributed by atoms with Crippen molar-refractivity contribution in [2.45, 2.75) is 13.0 Å². The molecule has 2 rings (SSSR count). The smallest absolute Gasteiger partial charge is 0.307 e. The minimum Gasteiger partial charge on any atom is -0.469 e. The molecule has 5 nitrogen and oxygen atoms in total. The first-order chi connectivity index (χ1) is 10.6. The minimum absolute atomic E-state index is 0.0844. The van der Waals surface area contributed by atoms with Gasteiger partial charge >= 0.3 is 5.97 Å². The highest BCUT2D eigenvalue weighted by atomic mass is 32.1. The molecule has 0 saturated carbocycles. The number of rotatable bonds is 6. The number of hydrogen-bond acceptors (Lipinski definition) is 5. The second-order valence-corrected chi connectivity index (χ2v) is 5.59. The lowest BCUT2D eigenvalue weighted by atomic mass is 10.1. The number of amides is 1. The van der Waals surface area contributed by atoms with Crippen LogP contribution in [-0.4, -0.2) is 32.6 Å². The summed E-state index contributed by atoms with van der Waals surface area (Å²) in [6, 6.07) is 4.71. The largest absolute Gasteiger partial charge is 0.469 e. The molecule has 7 heteroatoms. The van der Waals surface area contributed by atoms with Gasteiger partial charge < -0.3 is 14.8 Å². The summed E-state index contributed by atoms with van der Waals surface area (Å²) in [4.78, 5) is 23.7. The fourth-order valence-corrected chi connectivity index (χ4v) is 3.23. The van der Waals surface area contributed by atoms with E-state index in [1.54, 1.807) is 12.1 Å². The zero-order valence-corrected chi connectivity index (χ0v) is 13.1. The van der Waals surface area contributed by atoms with Crippen LogP contribution in [0.5, 0.6) is 0 Å². The van der Waals surface area contributed by atoms with Crippen LogP contribution in [0, 0.1) is 5.82 Å². The van der Waals surface area contributed by atoms with Crippen LogP contribution in [0.2, 0.25) is 0 Å². The molecule has 1 amide bonds. The first-order valence-electron chi connectivity index (χ1n) is 6.62. The average Bonchev–Trinajstić information content (AvgIpc) is 2.87. The second-order valence-electron chi connectivity index (χ2n) is 4.54. The topological polar surface area (TPSA) is 64.6 Å². The van der Waals surface area contributed by atoms with Crippen molar-refractivity contribution in [3.8, 4) is 0 Å². The summed E-state index contributed by atoms with van der Waals surface area (Å²) in [6.07, 6.45) is 0.0844. The van der Waals surface area contributed by atoms with Crippen molar-refractivity contribution in [2.24, 2.45) is 0 Å². The molecule has 0 aliphatic heterocycles. The van der Waals surface area contributed by atoms with Gasteiger partial charge in [0.2, 0.25) is 0 Å². The number of nitrogens with one attached hydrogen (secondary N) is 1. The molecular weight excluding hydrogens is 309 g/mol. The SMILES string of the molecule is COCc1c(C(=O)NCCC(=O)OC)sc2cccc(F)c12. The Labute approximate surface area is 131 Å². The lowest BCUT2D eigenvalue weighted by Crippen LogP contribution is -2.26. The van der Waals surface area contributed by atoms with E-state index in [1.165, 1.54) is 31.6 Å². The lowest BCUT2D eigenvalue weighted by molar-refractivity contribution is -0.140. The normalized spacial score (nSPS) is 10.7. The standard InChI is InChI=1S/C15H16FNO4S/c1-20-8-9-13-10(16)4-3-5-11(13)22-14(9)15(19)17-7-6-12(18)21-2/h3-5H,6-8H2,1-2H3,(H,17,19). The van der Waals surface area contributed by atoms with Gasteiger partial charge in [0.25, 0.3) is 5.91 Å². The molecule has 2 aromatic rings. The number of ether oxygens (including phenoxy) is 2. The zero-order valence-electron chi connectivity index (χ0n) is 12.3. The molecule has 0 aliphatic carbocycles. The Bertz CT molecular complexity index is 698. The van der Waals surface area contributed by atoms with Gasteiger partial charge in [-0.05, 0) is 12.1 Å². The van der Waals surface area contributed by atoms with Gasteiger partial charge in [0.15, 0.2) is 0 Å². The number of carbonyl (C=O) groups excluding carboxylic acids is 2. The van der Waals surface area contributed by atoms with Gasteiger partial charge in [-0.3, -0.25) is 9.59 Å². The Hall–Kier alpha value is -1.99. The van der Waals surface area contributed by atoms with Gasteiger partial charge in [-0.15, -0.1) is 11.3 Å². The maximum atomic E-state index is 14.0. The van der Waals surface area contributed by atoms with Gasteiger partial charge in [0, 0.05) is 29.3 Å². The van der Waals surface area contributed by atoms with E-state index in [0.717, 1.165) is 0 Å². The van der Waals surface area contributed by atoms with E-state index in [9.17, 15) is 14.0 Å². The number of hydrogen-bond donors (Lipinski definition) is 1. The number of benzene rings is 1. The fraction of sp³-hybridized carbons (Fsp3) is 0.333. The molecular formula is C15H16FNO4S. The third kappa shape index (κ3) is 3.42. The predicted molar refractivity (Wildman–Crippen MR) is 81.5 cm³/mol. The monoisotopic (exact) mass is 325 g/mol. The van der Waals surface area contributed by atoms with Crippen LogP contribution in [0.25, 0.3) is 10.1 Å². The second kappa shape index (κ2) is 7.33. The van der Waals surface area contributed by atoms with Crippen LogP contribution in [0.3, 0.4) is 0 Å². The number of halogens is 1. The average molecular weight is 325 g/mol. The zero-order chi connectivity index (χ0) is 16.1. The van der Waals surface area contributed by atoms with Crippen molar-refractivity contribution in [2.75, 3.05) is 20.8 Å². The molecule has 0 fully saturated rings. The van der Waals surface area contributed by atoms with Crippen LogP contribution in [0.4, 0.5) is 4.39 Å². The number of esters is 1. The molecule has 1 N–H and O–H groups in total. The van der Waals surface area contributed by atoms with Crippen molar-refractivity contribution in [1.82, 2.24) is 5.32 Å². The molecule has 0 unspecified atom stereocenters. The first-order valence-corrected chi connectivity index (χ1v) is 7.44. The maximum Gasteiger partial charge on any atom is 0.307 e. The van der Waals surface area contributed by atoms with E-state index in [0.29, 0.717) is 20.5 Å². The summed E-state index contributed by atoms with van der Waals surface area (Å²) < 4.78 is 24.3. The van der Waals surface area contributed by atoms with E-state index in [4.69, 9.17) is 4.74 Å². The van der Waals surface area contributed by atoms with E-state index >= 15 is 0 Å². The van der Waals surface area contributed by atoms with Crippen LogP contribution in [0.1, 0.15) is 21.7 Å². The first kappa shape index (κ1) is 16.4. The molecule has 0 radical (unpaired) electrons. The lowest BCUT2D eigenvalue weighted by Gasteiger charge is -2.06. The van der Waals surface area contributed by atoms with Crippen molar-refractivity contribution >= 4 is 33.3 Å². The van der Waals surface area contributed by atoms with Crippen LogP contribution >= 0.6 is 11.3 Å². The molecule has 0 spiro atoms. The summed E-state index contributed by atoms with van der Waals surface area (Å²) >= 11 is 1.20. The third-order valence-corrected chi connectivity index (χ3v) is 4.30. The Kier molecular flexibility index (Phi) is 5.46. The Morgan fingerprint density at radius 3 is 2.77 bits per heavy atom. The van der Waals surface area contributed by atoms with Gasteiger partial charge in [0.05, 0.1) is 25.0 Å². The molecule has 0 aliphatic rings. The van der Waals surface area contributed by atoms with Crippen molar-refractivity contribution < 1.29 is 23.5 Å².